The molecule has 1 fully saturated rings. The third kappa shape index (κ3) is 2.36. The van der Waals surface area contributed by atoms with Crippen LogP contribution in [0.2, 0.25) is 0 Å². The quantitative estimate of drug-likeness (QED) is 0.929. The normalized spacial score (nSPS) is 26.0. The van der Waals surface area contributed by atoms with Crippen LogP contribution in [-0.4, -0.2) is 27.6 Å². The highest BCUT2D eigenvalue weighted by Crippen LogP contribution is 2.40. The van der Waals surface area contributed by atoms with Crippen molar-refractivity contribution in [3.8, 4) is 5.69 Å². The minimum absolute atomic E-state index is 0.159. The highest BCUT2D eigenvalue weighted by Gasteiger charge is 2.39. The molecule has 4 heteroatoms. The summed E-state index contributed by atoms with van der Waals surface area (Å²) in [7, 11) is 0. The first kappa shape index (κ1) is 13.3. The van der Waals surface area contributed by atoms with Crippen LogP contribution >= 0.6 is 0 Å². The van der Waals surface area contributed by atoms with E-state index in [2.05, 4.69) is 41.6 Å². The van der Waals surface area contributed by atoms with Crippen LogP contribution in [-0.2, 0) is 5.41 Å². The molecule has 4 nitrogen and oxygen atoms in total. The Labute approximate surface area is 120 Å². The molecular formula is C16H22N4. The van der Waals surface area contributed by atoms with Gasteiger partial charge in [-0.1, -0.05) is 37.3 Å². The van der Waals surface area contributed by atoms with E-state index >= 15 is 0 Å². The van der Waals surface area contributed by atoms with Gasteiger partial charge >= 0.3 is 0 Å². The van der Waals surface area contributed by atoms with Crippen molar-refractivity contribution in [2.75, 3.05) is 6.54 Å². The zero-order valence-electron chi connectivity index (χ0n) is 12.2. The van der Waals surface area contributed by atoms with E-state index in [0.29, 0.717) is 6.04 Å². The Morgan fingerprint density at radius 1 is 1.35 bits per heavy atom. The maximum absolute atomic E-state index is 4.29. The number of nitrogens with one attached hydrogen (secondary N) is 1. The summed E-state index contributed by atoms with van der Waals surface area (Å²) in [6, 6.07) is 10.9. The van der Waals surface area contributed by atoms with Gasteiger partial charge in [0, 0.05) is 11.5 Å². The predicted molar refractivity (Wildman–Crippen MR) is 80.0 cm³/mol. The SMILES string of the molecule is CCNC1CCC(C)(c2cnnn2-c2ccccc2)C1. The van der Waals surface area contributed by atoms with Crippen molar-refractivity contribution >= 4 is 0 Å². The van der Waals surface area contributed by atoms with Crippen molar-refractivity contribution in [2.24, 2.45) is 0 Å². The van der Waals surface area contributed by atoms with Gasteiger partial charge in [0.2, 0.25) is 0 Å². The molecule has 2 aromatic rings. The van der Waals surface area contributed by atoms with E-state index < -0.39 is 0 Å². The van der Waals surface area contributed by atoms with Gasteiger partial charge in [-0.05, 0) is 37.9 Å². The molecular weight excluding hydrogens is 248 g/mol. The monoisotopic (exact) mass is 270 g/mol. The van der Waals surface area contributed by atoms with Crippen molar-refractivity contribution in [3.05, 3.63) is 42.2 Å². The minimum atomic E-state index is 0.159. The topological polar surface area (TPSA) is 42.7 Å². The molecule has 2 atom stereocenters. The molecule has 1 heterocycles. The standard InChI is InChI=1S/C16H22N4/c1-3-17-13-9-10-16(2,11-13)15-12-18-19-20(15)14-7-5-4-6-8-14/h4-8,12-13,17H,3,9-11H2,1-2H3. The van der Waals surface area contributed by atoms with Crippen LogP contribution in [0.3, 0.4) is 0 Å². The molecule has 1 aromatic heterocycles. The minimum Gasteiger partial charge on any atom is -0.314 e. The van der Waals surface area contributed by atoms with Gasteiger partial charge in [0.25, 0.3) is 0 Å². The van der Waals surface area contributed by atoms with E-state index in [-0.39, 0.29) is 5.41 Å². The van der Waals surface area contributed by atoms with Crippen LogP contribution in [0.5, 0.6) is 0 Å². The fourth-order valence-electron chi connectivity index (χ4n) is 3.34. The van der Waals surface area contributed by atoms with Gasteiger partial charge in [-0.3, -0.25) is 0 Å². The number of benzene rings is 1. The zero-order chi connectivity index (χ0) is 14.0. The molecule has 1 saturated carbocycles. The average molecular weight is 270 g/mol. The largest absolute Gasteiger partial charge is 0.314 e. The Hall–Kier alpha value is -1.68. The predicted octanol–water partition coefficient (Wildman–Crippen LogP) is 2.69. The lowest BCUT2D eigenvalue weighted by Gasteiger charge is -2.24. The third-order valence-electron chi connectivity index (χ3n) is 4.40. The van der Waals surface area contributed by atoms with Crippen LogP contribution in [0.1, 0.15) is 38.8 Å². The summed E-state index contributed by atoms with van der Waals surface area (Å²) in [6.07, 6.45) is 5.50. The summed E-state index contributed by atoms with van der Waals surface area (Å²) in [5, 5.41) is 12.0. The fourth-order valence-corrected chi connectivity index (χ4v) is 3.34. The Morgan fingerprint density at radius 2 is 2.15 bits per heavy atom. The molecule has 0 spiro atoms. The number of para-hydroxylation sites is 1. The average Bonchev–Trinajstić information content (AvgIpc) is 3.08. The van der Waals surface area contributed by atoms with E-state index in [1.165, 1.54) is 18.5 Å². The van der Waals surface area contributed by atoms with Gasteiger partial charge in [0.1, 0.15) is 0 Å². The highest BCUT2D eigenvalue weighted by molar-refractivity contribution is 5.34. The lowest BCUT2D eigenvalue weighted by molar-refractivity contribution is 0.435. The Kier molecular flexibility index (Phi) is 3.57. The molecule has 0 saturated heterocycles. The maximum atomic E-state index is 4.29. The first-order chi connectivity index (χ1) is 9.73. The highest BCUT2D eigenvalue weighted by atomic mass is 15.4. The molecule has 1 N–H and O–H groups in total. The smallest absolute Gasteiger partial charge is 0.0735 e. The summed E-state index contributed by atoms with van der Waals surface area (Å²) in [4.78, 5) is 0. The molecule has 0 bridgehead atoms. The number of hydrogen-bond donors (Lipinski definition) is 1. The second-order valence-electron chi connectivity index (χ2n) is 5.92. The zero-order valence-corrected chi connectivity index (χ0v) is 12.2. The molecule has 0 amide bonds. The third-order valence-corrected chi connectivity index (χ3v) is 4.40. The van der Waals surface area contributed by atoms with Gasteiger partial charge in [0.05, 0.1) is 17.6 Å². The summed E-state index contributed by atoms with van der Waals surface area (Å²) >= 11 is 0. The maximum Gasteiger partial charge on any atom is 0.0735 e. The van der Waals surface area contributed by atoms with Gasteiger partial charge in [-0.2, -0.15) is 0 Å². The van der Waals surface area contributed by atoms with E-state index in [4.69, 9.17) is 0 Å². The van der Waals surface area contributed by atoms with Crippen molar-refractivity contribution < 1.29 is 0 Å². The molecule has 20 heavy (non-hydrogen) atoms. The van der Waals surface area contributed by atoms with Crippen LogP contribution in [0.15, 0.2) is 36.5 Å². The number of nitrogens with zero attached hydrogens (tertiary/aromatic N) is 3. The molecule has 1 aliphatic rings. The summed E-state index contributed by atoms with van der Waals surface area (Å²) in [6.45, 7) is 5.55. The lowest BCUT2D eigenvalue weighted by atomic mass is 9.85. The molecule has 1 aromatic carbocycles. The van der Waals surface area contributed by atoms with Crippen molar-refractivity contribution in [2.45, 2.75) is 44.6 Å². The molecule has 0 radical (unpaired) electrons. The molecule has 0 aliphatic heterocycles. The molecule has 3 rings (SSSR count). The molecule has 106 valence electrons. The second kappa shape index (κ2) is 5.37. The van der Waals surface area contributed by atoms with Crippen LogP contribution < -0.4 is 5.32 Å². The summed E-state index contributed by atoms with van der Waals surface area (Å²) < 4.78 is 1.99. The van der Waals surface area contributed by atoms with Crippen molar-refractivity contribution in [1.29, 1.82) is 0 Å². The first-order valence-corrected chi connectivity index (χ1v) is 7.43. The van der Waals surface area contributed by atoms with E-state index in [1.807, 2.05) is 29.1 Å². The van der Waals surface area contributed by atoms with Gasteiger partial charge in [0.15, 0.2) is 0 Å². The van der Waals surface area contributed by atoms with Crippen molar-refractivity contribution in [3.63, 3.8) is 0 Å². The lowest BCUT2D eigenvalue weighted by Crippen LogP contribution is -2.29. The molecule has 1 aliphatic carbocycles. The number of aromatic nitrogens is 3. The van der Waals surface area contributed by atoms with Crippen LogP contribution in [0, 0.1) is 0 Å². The van der Waals surface area contributed by atoms with Gasteiger partial charge in [-0.15, -0.1) is 5.10 Å². The number of rotatable bonds is 4. The second-order valence-corrected chi connectivity index (χ2v) is 5.92. The summed E-state index contributed by atoms with van der Waals surface area (Å²) in [5.74, 6) is 0. The Morgan fingerprint density at radius 3 is 2.90 bits per heavy atom. The molecule has 2 unspecified atom stereocenters. The van der Waals surface area contributed by atoms with Gasteiger partial charge < -0.3 is 5.32 Å². The fraction of sp³-hybridized carbons (Fsp3) is 0.500. The Balaban J connectivity index is 1.90. The van der Waals surface area contributed by atoms with E-state index in [9.17, 15) is 0 Å². The van der Waals surface area contributed by atoms with E-state index in [1.54, 1.807) is 0 Å². The first-order valence-electron chi connectivity index (χ1n) is 7.43. The van der Waals surface area contributed by atoms with Crippen LogP contribution in [0.4, 0.5) is 0 Å². The summed E-state index contributed by atoms with van der Waals surface area (Å²) in [5.41, 5.74) is 2.48. The Bertz CT molecular complexity index is 563. The van der Waals surface area contributed by atoms with Crippen LogP contribution in [0.25, 0.3) is 5.69 Å². The number of hydrogen-bond acceptors (Lipinski definition) is 3. The van der Waals surface area contributed by atoms with E-state index in [0.717, 1.165) is 18.7 Å². The van der Waals surface area contributed by atoms with Crippen molar-refractivity contribution in [1.82, 2.24) is 20.3 Å². The van der Waals surface area contributed by atoms with Gasteiger partial charge in [-0.25, -0.2) is 4.68 Å².